The van der Waals surface area contributed by atoms with Gasteiger partial charge in [-0.3, -0.25) is 0 Å². The molecule has 5 nitrogen and oxygen atoms in total. The van der Waals surface area contributed by atoms with Crippen molar-refractivity contribution in [1.29, 1.82) is 0 Å². The van der Waals surface area contributed by atoms with Crippen LogP contribution in [0.1, 0.15) is 33.3 Å². The van der Waals surface area contributed by atoms with Crippen molar-refractivity contribution in [3.63, 3.8) is 0 Å². The highest BCUT2D eigenvalue weighted by atomic mass is 16.6. The van der Waals surface area contributed by atoms with Crippen LogP contribution in [0.2, 0.25) is 0 Å². The molecule has 21 heavy (non-hydrogen) atoms. The average Bonchev–Trinajstić information content (AvgIpc) is 2.36. The van der Waals surface area contributed by atoms with Gasteiger partial charge in [-0.2, -0.15) is 0 Å². The molecule has 1 aliphatic rings. The summed E-state index contributed by atoms with van der Waals surface area (Å²) in [6.45, 7) is 12.0. The van der Waals surface area contributed by atoms with Crippen LogP contribution in [0, 0.1) is 6.92 Å². The van der Waals surface area contributed by atoms with Gasteiger partial charge in [0.2, 0.25) is 0 Å². The lowest BCUT2D eigenvalue weighted by molar-refractivity contribution is 0.0158. The zero-order valence-corrected chi connectivity index (χ0v) is 13.6. The number of hydrogen-bond donors (Lipinski definition) is 0. The Bertz CT molecular complexity index is 510. The van der Waals surface area contributed by atoms with Crippen molar-refractivity contribution in [1.82, 2.24) is 9.88 Å². The number of carbonyl (C=O) groups excluding carboxylic acids is 1. The van der Waals surface area contributed by atoms with Gasteiger partial charge in [-0.15, -0.1) is 0 Å². The number of carbonyl (C=O) groups is 1. The van der Waals surface area contributed by atoms with Gasteiger partial charge in [0, 0.05) is 31.9 Å². The second-order valence-corrected chi connectivity index (χ2v) is 6.66. The van der Waals surface area contributed by atoms with Crippen molar-refractivity contribution in [3.05, 3.63) is 23.9 Å². The van der Waals surface area contributed by atoms with Crippen LogP contribution in [-0.2, 0) is 4.74 Å². The van der Waals surface area contributed by atoms with Crippen LogP contribution in [0.15, 0.2) is 18.3 Å². The minimum Gasteiger partial charge on any atom is -0.444 e. The molecule has 1 aliphatic heterocycles. The third-order valence-corrected chi connectivity index (χ3v) is 3.48. The molecule has 2 rings (SSSR count). The molecule has 1 amide bonds. The van der Waals surface area contributed by atoms with E-state index >= 15 is 0 Å². The first-order valence-corrected chi connectivity index (χ1v) is 7.43. The number of pyridine rings is 1. The predicted octanol–water partition coefficient (Wildman–Crippen LogP) is 2.84. The van der Waals surface area contributed by atoms with Crippen LogP contribution in [0.25, 0.3) is 0 Å². The molecule has 2 heterocycles. The molecule has 0 aliphatic carbocycles. The molecule has 1 saturated heterocycles. The van der Waals surface area contributed by atoms with E-state index in [-0.39, 0.29) is 12.1 Å². The Morgan fingerprint density at radius 1 is 1.38 bits per heavy atom. The van der Waals surface area contributed by atoms with Gasteiger partial charge < -0.3 is 14.5 Å². The molecule has 0 unspecified atom stereocenters. The Morgan fingerprint density at radius 2 is 2.10 bits per heavy atom. The van der Waals surface area contributed by atoms with Crippen LogP contribution in [0.5, 0.6) is 0 Å². The van der Waals surface area contributed by atoms with E-state index < -0.39 is 5.60 Å². The Labute approximate surface area is 126 Å². The summed E-state index contributed by atoms with van der Waals surface area (Å²) in [6, 6.07) is 4.18. The lowest BCUT2D eigenvalue weighted by Gasteiger charge is -2.40. The van der Waals surface area contributed by atoms with Crippen LogP contribution >= 0.6 is 0 Å². The van der Waals surface area contributed by atoms with E-state index in [2.05, 4.69) is 22.9 Å². The summed E-state index contributed by atoms with van der Waals surface area (Å²) in [7, 11) is 0. The van der Waals surface area contributed by atoms with Gasteiger partial charge >= 0.3 is 6.09 Å². The van der Waals surface area contributed by atoms with Gasteiger partial charge in [0.15, 0.2) is 0 Å². The Morgan fingerprint density at radius 3 is 2.67 bits per heavy atom. The first-order chi connectivity index (χ1) is 9.76. The van der Waals surface area contributed by atoms with Gasteiger partial charge in [-0.1, -0.05) is 0 Å². The zero-order chi connectivity index (χ0) is 15.6. The van der Waals surface area contributed by atoms with Crippen molar-refractivity contribution in [2.75, 3.05) is 24.5 Å². The minimum absolute atomic E-state index is 0.107. The Balaban J connectivity index is 2.01. The van der Waals surface area contributed by atoms with E-state index in [1.807, 2.05) is 40.0 Å². The minimum atomic E-state index is -0.452. The number of hydrogen-bond acceptors (Lipinski definition) is 4. The standard InChI is InChI=1S/C16H25N3O2/c1-12-6-7-17-14(10-12)18-8-9-19(13(2)11-18)15(20)21-16(3,4)5/h6-7,10,13H,8-9,11H2,1-5H3/t13-/m0/s1. The fourth-order valence-electron chi connectivity index (χ4n) is 2.45. The quantitative estimate of drug-likeness (QED) is 0.798. The number of rotatable bonds is 1. The molecule has 0 bridgehead atoms. The molecule has 0 aromatic carbocycles. The van der Waals surface area contributed by atoms with Crippen molar-refractivity contribution in [3.8, 4) is 0 Å². The van der Waals surface area contributed by atoms with Gasteiger partial charge in [-0.25, -0.2) is 9.78 Å². The molecule has 0 spiro atoms. The lowest BCUT2D eigenvalue weighted by Crippen LogP contribution is -2.55. The van der Waals surface area contributed by atoms with Gasteiger partial charge in [0.1, 0.15) is 11.4 Å². The summed E-state index contributed by atoms with van der Waals surface area (Å²) in [5.74, 6) is 0.977. The molecular formula is C16H25N3O2. The topological polar surface area (TPSA) is 45.7 Å². The van der Waals surface area contributed by atoms with E-state index in [0.717, 1.165) is 18.9 Å². The second kappa shape index (κ2) is 5.92. The van der Waals surface area contributed by atoms with Crippen molar-refractivity contribution in [2.24, 2.45) is 0 Å². The molecular weight excluding hydrogens is 266 g/mol. The molecule has 0 radical (unpaired) electrons. The Kier molecular flexibility index (Phi) is 4.40. The van der Waals surface area contributed by atoms with Crippen molar-refractivity contribution in [2.45, 2.75) is 46.3 Å². The monoisotopic (exact) mass is 291 g/mol. The smallest absolute Gasteiger partial charge is 0.410 e. The molecule has 1 aromatic rings. The number of anilines is 1. The fraction of sp³-hybridized carbons (Fsp3) is 0.625. The maximum absolute atomic E-state index is 12.2. The molecule has 0 saturated carbocycles. The molecule has 0 N–H and O–H groups in total. The van der Waals surface area contributed by atoms with Crippen molar-refractivity contribution < 1.29 is 9.53 Å². The van der Waals surface area contributed by atoms with E-state index in [0.29, 0.717) is 6.54 Å². The maximum atomic E-state index is 12.2. The normalized spacial score (nSPS) is 19.6. The summed E-state index contributed by atoms with van der Waals surface area (Å²) >= 11 is 0. The second-order valence-electron chi connectivity index (χ2n) is 6.66. The van der Waals surface area contributed by atoms with E-state index in [1.165, 1.54) is 5.56 Å². The molecule has 1 atom stereocenters. The average molecular weight is 291 g/mol. The van der Waals surface area contributed by atoms with Crippen LogP contribution < -0.4 is 4.90 Å². The number of aryl methyl sites for hydroxylation is 1. The van der Waals surface area contributed by atoms with Gasteiger partial charge in [0.05, 0.1) is 0 Å². The highest BCUT2D eigenvalue weighted by Crippen LogP contribution is 2.20. The lowest BCUT2D eigenvalue weighted by atomic mass is 10.2. The van der Waals surface area contributed by atoms with Crippen LogP contribution in [0.3, 0.4) is 0 Å². The highest BCUT2D eigenvalue weighted by Gasteiger charge is 2.31. The molecule has 1 aromatic heterocycles. The fourth-order valence-corrected chi connectivity index (χ4v) is 2.45. The summed E-state index contributed by atoms with van der Waals surface area (Å²) in [5, 5.41) is 0. The molecule has 116 valence electrons. The van der Waals surface area contributed by atoms with Crippen LogP contribution in [0.4, 0.5) is 10.6 Å². The predicted molar refractivity (Wildman–Crippen MR) is 83.6 cm³/mol. The maximum Gasteiger partial charge on any atom is 0.410 e. The van der Waals surface area contributed by atoms with Crippen molar-refractivity contribution >= 4 is 11.9 Å². The first-order valence-electron chi connectivity index (χ1n) is 7.43. The molecule has 5 heteroatoms. The van der Waals surface area contributed by atoms with Gasteiger partial charge in [-0.05, 0) is 52.3 Å². The van der Waals surface area contributed by atoms with E-state index in [4.69, 9.17) is 4.74 Å². The summed E-state index contributed by atoms with van der Waals surface area (Å²) in [5.41, 5.74) is 0.744. The Hall–Kier alpha value is -1.78. The van der Waals surface area contributed by atoms with E-state index in [9.17, 15) is 4.79 Å². The number of aromatic nitrogens is 1. The summed E-state index contributed by atoms with van der Waals surface area (Å²) in [4.78, 5) is 20.6. The third kappa shape index (κ3) is 4.09. The number of ether oxygens (including phenoxy) is 1. The SMILES string of the molecule is Cc1ccnc(N2CCN(C(=O)OC(C)(C)C)[C@@H](C)C2)c1. The first kappa shape index (κ1) is 15.6. The van der Waals surface area contributed by atoms with E-state index in [1.54, 1.807) is 4.90 Å². The number of piperazine rings is 1. The van der Waals surface area contributed by atoms with Crippen LogP contribution in [-0.4, -0.2) is 47.3 Å². The highest BCUT2D eigenvalue weighted by molar-refractivity contribution is 5.69. The largest absolute Gasteiger partial charge is 0.444 e. The zero-order valence-electron chi connectivity index (χ0n) is 13.6. The van der Waals surface area contributed by atoms with Gasteiger partial charge in [0.25, 0.3) is 0 Å². The number of nitrogens with zero attached hydrogens (tertiary/aromatic N) is 3. The number of amides is 1. The summed E-state index contributed by atoms with van der Waals surface area (Å²) in [6.07, 6.45) is 1.60. The third-order valence-electron chi connectivity index (χ3n) is 3.48. The molecule has 1 fully saturated rings. The summed E-state index contributed by atoms with van der Waals surface area (Å²) < 4.78 is 5.46.